The Bertz CT molecular complexity index is 1290. The maximum atomic E-state index is 2.37. The first-order valence-corrected chi connectivity index (χ1v) is 12.5. The molecule has 0 bridgehead atoms. The number of allylic oxidation sites excluding steroid dienone is 9. The van der Waals surface area contributed by atoms with Crippen LogP contribution >= 0.6 is 0 Å². The lowest BCUT2D eigenvalue weighted by molar-refractivity contribution is -0.519. The van der Waals surface area contributed by atoms with Crippen molar-refractivity contribution >= 4 is 16.9 Å². The molecule has 1 nitrogen and oxygen atoms in total. The van der Waals surface area contributed by atoms with Crippen LogP contribution in [-0.2, 0) is 0 Å². The molecule has 3 aromatic rings. The van der Waals surface area contributed by atoms with E-state index < -0.39 is 0 Å². The van der Waals surface area contributed by atoms with Crippen molar-refractivity contribution < 1.29 is 4.58 Å². The molecule has 0 N–H and O–H groups in total. The standard InChI is InChI=1S/C34H34N/c1-4-35(5-2)32-25-23-31(24-26-32)34(29-15-10-7-11-16-29)18-12-17-33(28-13-8-6-9-14-28)30-21-19-27(3)20-22-30/h6-26H,4-5H2,1-3H3/q+1/b18-12+,33-17+. The Kier molecular flexibility index (Phi) is 8.25. The lowest BCUT2D eigenvalue weighted by Crippen LogP contribution is -2.19. The highest BCUT2D eigenvalue weighted by atomic mass is 15.0. The lowest BCUT2D eigenvalue weighted by Gasteiger charge is -2.11. The van der Waals surface area contributed by atoms with Gasteiger partial charge in [-0.05, 0) is 66.3 Å². The fraction of sp³-hybridized carbons (Fsp3) is 0.147. The van der Waals surface area contributed by atoms with E-state index in [9.17, 15) is 0 Å². The summed E-state index contributed by atoms with van der Waals surface area (Å²) in [4.78, 5) is 0. The van der Waals surface area contributed by atoms with Crippen LogP contribution in [0, 0.1) is 6.92 Å². The Balaban J connectivity index is 1.76. The van der Waals surface area contributed by atoms with Crippen LogP contribution in [0.2, 0.25) is 0 Å². The predicted molar refractivity (Wildman–Crippen MR) is 152 cm³/mol. The van der Waals surface area contributed by atoms with Gasteiger partial charge in [-0.2, -0.15) is 0 Å². The van der Waals surface area contributed by atoms with Gasteiger partial charge in [-0.3, -0.25) is 0 Å². The molecule has 0 fully saturated rings. The first-order valence-electron chi connectivity index (χ1n) is 12.5. The SMILES string of the molecule is CC[N+](CC)=C1C=CC(=C(/C=C/C=C(\c2ccccc2)c2ccc(C)cc2)c2ccccc2)C=C1. The smallest absolute Gasteiger partial charge is 0.199 e. The number of hydrogen-bond acceptors (Lipinski definition) is 0. The van der Waals surface area contributed by atoms with Gasteiger partial charge in [0.15, 0.2) is 5.71 Å². The van der Waals surface area contributed by atoms with E-state index in [-0.39, 0.29) is 0 Å². The molecule has 35 heavy (non-hydrogen) atoms. The summed E-state index contributed by atoms with van der Waals surface area (Å²) in [5.41, 5.74) is 9.82. The van der Waals surface area contributed by atoms with Crippen LogP contribution in [-0.4, -0.2) is 23.4 Å². The minimum atomic E-state index is 1.01. The third kappa shape index (κ3) is 6.13. The number of rotatable bonds is 7. The summed E-state index contributed by atoms with van der Waals surface area (Å²) in [6, 6.07) is 30.0. The molecule has 4 rings (SSSR count). The molecule has 0 aromatic heterocycles. The van der Waals surface area contributed by atoms with Crippen molar-refractivity contribution in [2.45, 2.75) is 20.8 Å². The highest BCUT2D eigenvalue weighted by Crippen LogP contribution is 2.27. The van der Waals surface area contributed by atoms with E-state index >= 15 is 0 Å². The van der Waals surface area contributed by atoms with Gasteiger partial charge in [0.2, 0.25) is 0 Å². The average Bonchev–Trinajstić information content (AvgIpc) is 2.92. The molecule has 0 heterocycles. The van der Waals surface area contributed by atoms with E-state index in [1.807, 2.05) is 0 Å². The van der Waals surface area contributed by atoms with Crippen molar-refractivity contribution in [2.24, 2.45) is 0 Å². The topological polar surface area (TPSA) is 3.01 Å². The largest absolute Gasteiger partial charge is 0.231 e. The van der Waals surface area contributed by atoms with Crippen molar-refractivity contribution in [1.82, 2.24) is 0 Å². The van der Waals surface area contributed by atoms with Crippen LogP contribution in [0.1, 0.15) is 36.1 Å². The summed E-state index contributed by atoms with van der Waals surface area (Å²) in [5.74, 6) is 0. The summed E-state index contributed by atoms with van der Waals surface area (Å²) in [6.45, 7) is 8.55. The lowest BCUT2D eigenvalue weighted by atomic mass is 9.94. The van der Waals surface area contributed by atoms with Gasteiger partial charge in [-0.15, -0.1) is 0 Å². The van der Waals surface area contributed by atoms with E-state index in [1.165, 1.54) is 44.7 Å². The zero-order valence-corrected chi connectivity index (χ0v) is 21.0. The second kappa shape index (κ2) is 11.9. The minimum absolute atomic E-state index is 1.01. The molecule has 1 aliphatic rings. The van der Waals surface area contributed by atoms with Crippen molar-refractivity contribution in [1.29, 1.82) is 0 Å². The molecule has 0 unspecified atom stereocenters. The van der Waals surface area contributed by atoms with Gasteiger partial charge in [-0.1, -0.05) is 109 Å². The fourth-order valence-corrected chi connectivity index (χ4v) is 4.37. The Morgan fingerprint density at radius 3 is 1.77 bits per heavy atom. The highest BCUT2D eigenvalue weighted by Gasteiger charge is 2.11. The number of hydrogen-bond donors (Lipinski definition) is 0. The van der Waals surface area contributed by atoms with Crippen LogP contribution in [0.3, 0.4) is 0 Å². The average molecular weight is 457 g/mol. The van der Waals surface area contributed by atoms with Crippen LogP contribution in [0.4, 0.5) is 0 Å². The number of aryl methyl sites for hydroxylation is 1. The maximum absolute atomic E-state index is 2.37. The molecule has 0 spiro atoms. The first-order chi connectivity index (χ1) is 17.2. The second-order valence-corrected chi connectivity index (χ2v) is 8.67. The number of benzene rings is 3. The Labute approximate surface area is 210 Å². The first kappa shape index (κ1) is 24.2. The molecule has 0 amide bonds. The molecule has 0 saturated heterocycles. The maximum Gasteiger partial charge on any atom is 0.199 e. The van der Waals surface area contributed by atoms with E-state index in [2.05, 4.69) is 153 Å². The molecule has 0 atom stereocenters. The van der Waals surface area contributed by atoms with Gasteiger partial charge in [0.05, 0.1) is 0 Å². The van der Waals surface area contributed by atoms with Crippen LogP contribution < -0.4 is 0 Å². The summed E-state index contributed by atoms with van der Waals surface area (Å²) in [6.07, 6.45) is 15.6. The summed E-state index contributed by atoms with van der Waals surface area (Å²) in [5, 5.41) is 0. The summed E-state index contributed by atoms with van der Waals surface area (Å²) < 4.78 is 2.37. The molecular formula is C34H34N+. The van der Waals surface area contributed by atoms with Gasteiger partial charge in [0, 0.05) is 12.2 Å². The zero-order chi connectivity index (χ0) is 24.5. The molecule has 174 valence electrons. The van der Waals surface area contributed by atoms with Crippen molar-refractivity contribution in [3.8, 4) is 0 Å². The molecule has 0 radical (unpaired) electrons. The quantitative estimate of drug-likeness (QED) is 0.250. The van der Waals surface area contributed by atoms with Gasteiger partial charge in [-0.25, -0.2) is 4.58 Å². The van der Waals surface area contributed by atoms with Crippen molar-refractivity contribution in [3.63, 3.8) is 0 Å². The van der Waals surface area contributed by atoms with Gasteiger partial charge >= 0.3 is 0 Å². The zero-order valence-electron chi connectivity index (χ0n) is 21.0. The molecule has 1 aliphatic carbocycles. The van der Waals surface area contributed by atoms with Crippen LogP contribution in [0.25, 0.3) is 11.1 Å². The van der Waals surface area contributed by atoms with E-state index in [0.29, 0.717) is 0 Å². The van der Waals surface area contributed by atoms with Gasteiger partial charge in [0.1, 0.15) is 13.1 Å². The second-order valence-electron chi connectivity index (χ2n) is 8.67. The summed E-state index contributed by atoms with van der Waals surface area (Å²) in [7, 11) is 0. The van der Waals surface area contributed by atoms with Crippen LogP contribution in [0.5, 0.6) is 0 Å². The van der Waals surface area contributed by atoms with Gasteiger partial charge < -0.3 is 0 Å². The molecular weight excluding hydrogens is 422 g/mol. The van der Waals surface area contributed by atoms with Gasteiger partial charge in [0.25, 0.3) is 0 Å². The Hall–Kier alpha value is -3.97. The minimum Gasteiger partial charge on any atom is -0.231 e. The third-order valence-corrected chi connectivity index (χ3v) is 6.36. The molecule has 0 aliphatic heterocycles. The molecule has 0 saturated carbocycles. The van der Waals surface area contributed by atoms with Crippen molar-refractivity contribution in [2.75, 3.05) is 13.1 Å². The highest BCUT2D eigenvalue weighted by molar-refractivity contribution is 6.03. The molecule has 3 aromatic carbocycles. The normalized spacial score (nSPS) is 13.5. The number of nitrogens with zero attached hydrogens (tertiary/aromatic N) is 1. The van der Waals surface area contributed by atoms with E-state index in [4.69, 9.17) is 0 Å². The summed E-state index contributed by atoms with van der Waals surface area (Å²) >= 11 is 0. The van der Waals surface area contributed by atoms with Crippen molar-refractivity contribution in [3.05, 3.63) is 155 Å². The Morgan fingerprint density at radius 2 is 1.20 bits per heavy atom. The van der Waals surface area contributed by atoms with Crippen LogP contribution in [0.15, 0.2) is 133 Å². The molecule has 1 heteroatoms. The monoisotopic (exact) mass is 456 g/mol. The fourth-order valence-electron chi connectivity index (χ4n) is 4.37. The van der Waals surface area contributed by atoms with E-state index in [1.54, 1.807) is 0 Å². The third-order valence-electron chi connectivity index (χ3n) is 6.36. The van der Waals surface area contributed by atoms with E-state index in [0.717, 1.165) is 13.1 Å². The predicted octanol–water partition coefficient (Wildman–Crippen LogP) is 8.06. The Morgan fingerprint density at radius 1 is 0.657 bits per heavy atom.